The highest BCUT2D eigenvalue weighted by Gasteiger charge is 2.39. The maximum atomic E-state index is 12.4. The second kappa shape index (κ2) is 5.07. The summed E-state index contributed by atoms with van der Waals surface area (Å²) in [6.07, 6.45) is 2.01. The summed E-state index contributed by atoms with van der Waals surface area (Å²) in [6.45, 7) is 3.01. The number of benzene rings is 1. The van der Waals surface area contributed by atoms with E-state index in [4.69, 9.17) is 0 Å². The van der Waals surface area contributed by atoms with E-state index < -0.39 is 0 Å². The molecule has 1 aromatic heterocycles. The standard InChI is InChI=1S/C15H18N4O/c1-11-10-19(15(11)12-6-4-3-5-7-12)14(20)8-13-9-16-17-18(13)2/h3-7,9,11,15H,8,10H2,1-2H3. The van der Waals surface area contributed by atoms with Gasteiger partial charge in [0, 0.05) is 13.6 Å². The van der Waals surface area contributed by atoms with Gasteiger partial charge in [0.25, 0.3) is 0 Å². The Kier molecular flexibility index (Phi) is 3.26. The number of aryl methyl sites for hydroxylation is 1. The van der Waals surface area contributed by atoms with Crippen LogP contribution in [0.5, 0.6) is 0 Å². The summed E-state index contributed by atoms with van der Waals surface area (Å²) >= 11 is 0. The maximum Gasteiger partial charge on any atom is 0.229 e. The van der Waals surface area contributed by atoms with Crippen LogP contribution in [0.15, 0.2) is 36.5 Å². The van der Waals surface area contributed by atoms with Gasteiger partial charge in [0.15, 0.2) is 0 Å². The zero-order valence-electron chi connectivity index (χ0n) is 11.7. The van der Waals surface area contributed by atoms with Crippen molar-refractivity contribution in [1.82, 2.24) is 19.9 Å². The van der Waals surface area contributed by atoms with Crippen LogP contribution in [-0.4, -0.2) is 32.3 Å². The molecule has 5 nitrogen and oxygen atoms in total. The first-order chi connectivity index (χ1) is 9.66. The summed E-state index contributed by atoms with van der Waals surface area (Å²) in [4.78, 5) is 14.4. The number of rotatable bonds is 3. The minimum absolute atomic E-state index is 0.141. The first-order valence-corrected chi connectivity index (χ1v) is 6.85. The summed E-state index contributed by atoms with van der Waals surface area (Å²) < 4.78 is 1.65. The number of amides is 1. The van der Waals surface area contributed by atoms with Crippen LogP contribution in [0.25, 0.3) is 0 Å². The lowest BCUT2D eigenvalue weighted by molar-refractivity contribution is -0.142. The molecule has 1 aromatic carbocycles. The molecule has 0 bridgehead atoms. The Balaban J connectivity index is 1.74. The molecule has 5 heteroatoms. The predicted molar refractivity (Wildman–Crippen MR) is 74.8 cm³/mol. The van der Waals surface area contributed by atoms with E-state index in [0.717, 1.165) is 12.2 Å². The highest BCUT2D eigenvalue weighted by atomic mass is 16.2. The molecule has 3 rings (SSSR count). The minimum Gasteiger partial charge on any atom is -0.335 e. The molecule has 2 atom stereocenters. The molecule has 0 N–H and O–H groups in total. The third kappa shape index (κ3) is 2.19. The summed E-state index contributed by atoms with van der Waals surface area (Å²) in [5, 5.41) is 7.67. The van der Waals surface area contributed by atoms with Crippen molar-refractivity contribution in [2.24, 2.45) is 13.0 Å². The summed E-state index contributed by atoms with van der Waals surface area (Å²) in [6, 6.07) is 10.4. The molecule has 0 saturated carbocycles. The molecule has 1 aliphatic heterocycles. The van der Waals surface area contributed by atoms with Crippen LogP contribution in [0.2, 0.25) is 0 Å². The first kappa shape index (κ1) is 12.8. The number of hydrogen-bond acceptors (Lipinski definition) is 3. The van der Waals surface area contributed by atoms with Crippen LogP contribution in [0.1, 0.15) is 24.2 Å². The lowest BCUT2D eigenvalue weighted by Crippen LogP contribution is -2.52. The van der Waals surface area contributed by atoms with Gasteiger partial charge in [-0.2, -0.15) is 0 Å². The highest BCUT2D eigenvalue weighted by Crippen LogP contribution is 2.38. The zero-order chi connectivity index (χ0) is 14.1. The Bertz CT molecular complexity index is 607. The molecule has 0 radical (unpaired) electrons. The summed E-state index contributed by atoms with van der Waals surface area (Å²) in [7, 11) is 1.81. The molecule has 0 spiro atoms. The second-order valence-corrected chi connectivity index (χ2v) is 5.40. The molecule has 2 unspecified atom stereocenters. The molecule has 2 heterocycles. The Hall–Kier alpha value is -2.17. The average molecular weight is 270 g/mol. The number of hydrogen-bond donors (Lipinski definition) is 0. The monoisotopic (exact) mass is 270 g/mol. The molecule has 1 aliphatic rings. The van der Waals surface area contributed by atoms with Crippen molar-refractivity contribution in [2.75, 3.05) is 6.54 Å². The van der Waals surface area contributed by atoms with Crippen molar-refractivity contribution in [3.05, 3.63) is 47.8 Å². The minimum atomic E-state index is 0.141. The molecular formula is C15H18N4O. The van der Waals surface area contributed by atoms with E-state index in [0.29, 0.717) is 12.3 Å². The SMILES string of the molecule is CC1CN(C(=O)Cc2cnnn2C)C1c1ccccc1. The fourth-order valence-corrected chi connectivity index (χ4v) is 2.84. The lowest BCUT2D eigenvalue weighted by atomic mass is 9.84. The number of likely N-dealkylation sites (tertiary alicyclic amines) is 1. The zero-order valence-corrected chi connectivity index (χ0v) is 11.7. The van der Waals surface area contributed by atoms with E-state index in [1.807, 2.05) is 30.1 Å². The molecule has 1 amide bonds. The van der Waals surface area contributed by atoms with Crippen molar-refractivity contribution in [3.8, 4) is 0 Å². The van der Waals surface area contributed by atoms with Crippen molar-refractivity contribution >= 4 is 5.91 Å². The summed E-state index contributed by atoms with van der Waals surface area (Å²) in [5.74, 6) is 0.647. The molecule has 20 heavy (non-hydrogen) atoms. The van der Waals surface area contributed by atoms with Gasteiger partial charge >= 0.3 is 0 Å². The average Bonchev–Trinajstić information content (AvgIpc) is 2.82. The second-order valence-electron chi connectivity index (χ2n) is 5.40. The van der Waals surface area contributed by atoms with Crippen LogP contribution in [0.3, 0.4) is 0 Å². The van der Waals surface area contributed by atoms with E-state index in [1.54, 1.807) is 10.9 Å². The molecule has 1 saturated heterocycles. The van der Waals surface area contributed by atoms with Crippen LogP contribution in [0.4, 0.5) is 0 Å². The van der Waals surface area contributed by atoms with Gasteiger partial charge in [0.1, 0.15) is 0 Å². The van der Waals surface area contributed by atoms with Crippen molar-refractivity contribution < 1.29 is 4.79 Å². The van der Waals surface area contributed by atoms with Gasteiger partial charge < -0.3 is 4.90 Å². The fourth-order valence-electron chi connectivity index (χ4n) is 2.84. The summed E-state index contributed by atoms with van der Waals surface area (Å²) in [5.41, 5.74) is 2.06. The van der Waals surface area contributed by atoms with E-state index >= 15 is 0 Å². The number of nitrogens with zero attached hydrogens (tertiary/aromatic N) is 4. The van der Waals surface area contributed by atoms with Gasteiger partial charge in [0.05, 0.1) is 24.4 Å². The maximum absolute atomic E-state index is 12.4. The Labute approximate surface area is 118 Å². The Morgan fingerprint density at radius 2 is 2.10 bits per heavy atom. The molecule has 104 valence electrons. The van der Waals surface area contributed by atoms with Crippen molar-refractivity contribution in [1.29, 1.82) is 0 Å². The Morgan fingerprint density at radius 1 is 1.35 bits per heavy atom. The largest absolute Gasteiger partial charge is 0.335 e. The van der Waals surface area contributed by atoms with E-state index in [1.165, 1.54) is 5.56 Å². The predicted octanol–water partition coefficient (Wildman–Crippen LogP) is 1.58. The molecule has 0 aliphatic carbocycles. The number of carbonyl (C=O) groups is 1. The smallest absolute Gasteiger partial charge is 0.229 e. The quantitative estimate of drug-likeness (QED) is 0.851. The van der Waals surface area contributed by atoms with Gasteiger partial charge in [0.2, 0.25) is 5.91 Å². The van der Waals surface area contributed by atoms with Crippen LogP contribution >= 0.6 is 0 Å². The lowest BCUT2D eigenvalue weighted by Gasteiger charge is -2.47. The van der Waals surface area contributed by atoms with Crippen molar-refractivity contribution in [3.63, 3.8) is 0 Å². The topological polar surface area (TPSA) is 51.0 Å². The normalized spacial score (nSPS) is 21.6. The van der Waals surface area contributed by atoms with Gasteiger partial charge in [-0.15, -0.1) is 5.10 Å². The molecule has 2 aromatic rings. The van der Waals surface area contributed by atoms with Gasteiger partial charge in [-0.25, -0.2) is 0 Å². The van der Waals surface area contributed by atoms with E-state index in [2.05, 4.69) is 29.4 Å². The Morgan fingerprint density at radius 3 is 2.70 bits per heavy atom. The van der Waals surface area contributed by atoms with Crippen LogP contribution in [-0.2, 0) is 18.3 Å². The van der Waals surface area contributed by atoms with Gasteiger partial charge in [-0.3, -0.25) is 9.48 Å². The van der Waals surface area contributed by atoms with E-state index in [-0.39, 0.29) is 11.9 Å². The first-order valence-electron chi connectivity index (χ1n) is 6.85. The molecule has 1 fully saturated rings. The third-order valence-electron chi connectivity index (χ3n) is 3.96. The fraction of sp³-hybridized carbons (Fsp3) is 0.400. The molecular weight excluding hydrogens is 252 g/mol. The number of aromatic nitrogens is 3. The van der Waals surface area contributed by atoms with Gasteiger partial charge in [-0.1, -0.05) is 42.5 Å². The third-order valence-corrected chi connectivity index (χ3v) is 3.96. The van der Waals surface area contributed by atoms with Gasteiger partial charge in [-0.05, 0) is 11.5 Å². The van der Waals surface area contributed by atoms with Crippen LogP contribution in [0, 0.1) is 5.92 Å². The number of carbonyl (C=O) groups excluding carboxylic acids is 1. The van der Waals surface area contributed by atoms with Crippen molar-refractivity contribution in [2.45, 2.75) is 19.4 Å². The van der Waals surface area contributed by atoms with Crippen LogP contribution < -0.4 is 0 Å². The van der Waals surface area contributed by atoms with E-state index in [9.17, 15) is 4.79 Å². The highest BCUT2D eigenvalue weighted by molar-refractivity contribution is 5.79.